The van der Waals surface area contributed by atoms with Gasteiger partial charge in [0.05, 0.1) is 7.11 Å². The largest absolute Gasteiger partial charge is 0.453 e. The molecule has 0 rings (SSSR count). The number of ether oxygens (including phenoxy) is 1. The lowest BCUT2D eigenvalue weighted by molar-refractivity contribution is 0.126. The van der Waals surface area contributed by atoms with Gasteiger partial charge < -0.3 is 9.64 Å². The van der Waals surface area contributed by atoms with E-state index in [9.17, 15) is 4.79 Å². The smallest absolute Gasteiger partial charge is 0.409 e. The molecule has 0 aliphatic rings. The Hall–Kier alpha value is -0.440. The molecule has 0 heterocycles. The number of halogens is 1. The first kappa shape index (κ1) is 10.6. The summed E-state index contributed by atoms with van der Waals surface area (Å²) in [5.41, 5.74) is 0. The highest BCUT2D eigenvalue weighted by atomic mass is 35.5. The number of hydrogen-bond donors (Lipinski definition) is 0. The number of nitrogens with zero attached hydrogens (tertiary/aromatic N) is 1. The zero-order chi connectivity index (χ0) is 8.69. The average molecular weight is 180 g/mol. The number of carbonyl (C=O) groups excluding carboxylic acids is 1. The molecule has 11 heavy (non-hydrogen) atoms. The van der Waals surface area contributed by atoms with Gasteiger partial charge in [-0.15, -0.1) is 11.6 Å². The van der Waals surface area contributed by atoms with Gasteiger partial charge >= 0.3 is 6.09 Å². The third kappa shape index (κ3) is 4.09. The van der Waals surface area contributed by atoms with Crippen molar-refractivity contribution in [3.05, 3.63) is 0 Å². The Morgan fingerprint density at radius 3 is 2.64 bits per heavy atom. The maximum absolute atomic E-state index is 10.9. The van der Waals surface area contributed by atoms with Crippen LogP contribution < -0.4 is 0 Å². The molecule has 0 aromatic heterocycles. The van der Waals surface area contributed by atoms with E-state index in [-0.39, 0.29) is 6.09 Å². The molecule has 0 radical (unpaired) electrons. The van der Waals surface area contributed by atoms with Crippen molar-refractivity contribution in [3.63, 3.8) is 0 Å². The Labute approximate surface area is 72.3 Å². The first-order chi connectivity index (χ1) is 5.26. The Bertz CT molecular complexity index is 119. The molecule has 4 heteroatoms. The van der Waals surface area contributed by atoms with Crippen LogP contribution in [0.25, 0.3) is 0 Å². The number of amides is 1. The number of rotatable bonds is 4. The highest BCUT2D eigenvalue weighted by Gasteiger charge is 2.09. The molecule has 0 unspecified atom stereocenters. The quantitative estimate of drug-likeness (QED) is 0.615. The Kier molecular flexibility index (Phi) is 6.03. The molecule has 66 valence electrons. The molecule has 0 aromatic rings. The first-order valence-electron chi connectivity index (χ1n) is 3.65. The highest BCUT2D eigenvalue weighted by molar-refractivity contribution is 6.17. The van der Waals surface area contributed by atoms with Gasteiger partial charge in [0, 0.05) is 19.0 Å². The average Bonchev–Trinajstić information content (AvgIpc) is 2.05. The van der Waals surface area contributed by atoms with Gasteiger partial charge in [0.1, 0.15) is 0 Å². The topological polar surface area (TPSA) is 29.5 Å². The molecule has 1 amide bonds. The summed E-state index contributed by atoms with van der Waals surface area (Å²) < 4.78 is 4.54. The fourth-order valence-corrected chi connectivity index (χ4v) is 0.878. The molecule has 3 nitrogen and oxygen atoms in total. The minimum atomic E-state index is -0.280. The maximum Gasteiger partial charge on any atom is 0.409 e. The second kappa shape index (κ2) is 6.28. The van der Waals surface area contributed by atoms with Crippen LogP contribution in [0.4, 0.5) is 4.79 Å². The summed E-state index contributed by atoms with van der Waals surface area (Å²) in [5, 5.41) is 0. The third-order valence-electron chi connectivity index (χ3n) is 1.38. The summed E-state index contributed by atoms with van der Waals surface area (Å²) in [4.78, 5) is 12.5. The van der Waals surface area contributed by atoms with Crippen LogP contribution in [0.2, 0.25) is 0 Å². The summed E-state index contributed by atoms with van der Waals surface area (Å²) in [6.45, 7) is 3.25. The fraction of sp³-hybridized carbons (Fsp3) is 0.857. The van der Waals surface area contributed by atoms with Crippen LogP contribution in [0.15, 0.2) is 0 Å². The fourth-order valence-electron chi connectivity index (χ4n) is 0.758. The van der Waals surface area contributed by atoms with E-state index in [0.717, 1.165) is 6.42 Å². The lowest BCUT2D eigenvalue weighted by atomic mass is 10.4. The molecule has 0 N–H and O–H groups in total. The minimum absolute atomic E-state index is 0.280. The van der Waals surface area contributed by atoms with E-state index in [1.54, 1.807) is 4.90 Å². The Morgan fingerprint density at radius 2 is 2.27 bits per heavy atom. The number of carbonyl (C=O) groups is 1. The summed E-state index contributed by atoms with van der Waals surface area (Å²) in [6, 6.07) is 0. The monoisotopic (exact) mass is 179 g/mol. The van der Waals surface area contributed by atoms with Crippen LogP contribution in [0.5, 0.6) is 0 Å². The molecule has 0 saturated heterocycles. The van der Waals surface area contributed by atoms with E-state index in [1.165, 1.54) is 7.11 Å². The summed E-state index contributed by atoms with van der Waals surface area (Å²) in [7, 11) is 1.38. The van der Waals surface area contributed by atoms with Gasteiger partial charge in [0.15, 0.2) is 0 Å². The lowest BCUT2D eigenvalue weighted by Gasteiger charge is -2.17. The second-order valence-electron chi connectivity index (χ2n) is 2.09. The van der Waals surface area contributed by atoms with Crippen molar-refractivity contribution in [2.24, 2.45) is 0 Å². The first-order valence-corrected chi connectivity index (χ1v) is 4.18. The third-order valence-corrected chi connectivity index (χ3v) is 1.64. The number of methoxy groups -OCH3 is 1. The Morgan fingerprint density at radius 1 is 1.64 bits per heavy atom. The van der Waals surface area contributed by atoms with Crippen molar-refractivity contribution >= 4 is 17.7 Å². The van der Waals surface area contributed by atoms with Gasteiger partial charge in [-0.25, -0.2) is 4.79 Å². The van der Waals surface area contributed by atoms with Gasteiger partial charge in [-0.1, -0.05) is 0 Å². The minimum Gasteiger partial charge on any atom is -0.453 e. The van der Waals surface area contributed by atoms with Crippen molar-refractivity contribution in [3.8, 4) is 0 Å². The number of hydrogen-bond acceptors (Lipinski definition) is 2. The van der Waals surface area contributed by atoms with E-state index in [0.29, 0.717) is 19.0 Å². The second-order valence-corrected chi connectivity index (χ2v) is 2.47. The standard InChI is InChI=1S/C7H14ClNO2/c1-3-9(6-4-5-8)7(10)11-2/h3-6H2,1-2H3. The number of alkyl halides is 1. The van der Waals surface area contributed by atoms with Crippen molar-refractivity contribution in [2.45, 2.75) is 13.3 Å². The van der Waals surface area contributed by atoms with Crippen molar-refractivity contribution in [1.82, 2.24) is 4.90 Å². The predicted octanol–water partition coefficient (Wildman–Crippen LogP) is 1.70. The van der Waals surface area contributed by atoms with Crippen molar-refractivity contribution in [1.29, 1.82) is 0 Å². The van der Waals surface area contributed by atoms with Crippen LogP contribution in [-0.2, 0) is 4.74 Å². The van der Waals surface area contributed by atoms with E-state index in [4.69, 9.17) is 11.6 Å². The molecule has 0 fully saturated rings. The summed E-state index contributed by atoms with van der Waals surface area (Å²) in [6.07, 6.45) is 0.530. The van der Waals surface area contributed by atoms with E-state index >= 15 is 0 Å². The molecule has 0 spiro atoms. The molecule has 0 saturated carbocycles. The molecule has 0 bridgehead atoms. The van der Waals surface area contributed by atoms with Gasteiger partial charge in [-0.3, -0.25) is 0 Å². The van der Waals surface area contributed by atoms with Gasteiger partial charge in [-0.05, 0) is 13.3 Å². The van der Waals surface area contributed by atoms with E-state index in [1.807, 2.05) is 6.92 Å². The summed E-state index contributed by atoms with van der Waals surface area (Å²) >= 11 is 5.47. The van der Waals surface area contributed by atoms with Crippen molar-refractivity contribution in [2.75, 3.05) is 26.1 Å². The van der Waals surface area contributed by atoms with Crippen molar-refractivity contribution < 1.29 is 9.53 Å². The maximum atomic E-state index is 10.9. The van der Waals surface area contributed by atoms with Crippen LogP contribution >= 0.6 is 11.6 Å². The molecule has 0 atom stereocenters. The lowest BCUT2D eigenvalue weighted by Crippen LogP contribution is -2.31. The van der Waals surface area contributed by atoms with Crippen LogP contribution in [0.1, 0.15) is 13.3 Å². The van der Waals surface area contributed by atoms with Crippen LogP contribution in [-0.4, -0.2) is 37.1 Å². The molecule has 0 aliphatic heterocycles. The van der Waals surface area contributed by atoms with Crippen LogP contribution in [0.3, 0.4) is 0 Å². The zero-order valence-electron chi connectivity index (χ0n) is 6.97. The van der Waals surface area contributed by atoms with E-state index < -0.39 is 0 Å². The van der Waals surface area contributed by atoms with E-state index in [2.05, 4.69) is 4.74 Å². The SMILES string of the molecule is CCN(CCCCl)C(=O)OC. The van der Waals surface area contributed by atoms with Crippen LogP contribution in [0, 0.1) is 0 Å². The predicted molar refractivity (Wildman–Crippen MR) is 45.0 cm³/mol. The normalized spacial score (nSPS) is 9.36. The Balaban J connectivity index is 3.65. The molecule has 0 aliphatic carbocycles. The molecule has 0 aromatic carbocycles. The zero-order valence-corrected chi connectivity index (χ0v) is 7.73. The summed E-state index contributed by atoms with van der Waals surface area (Å²) in [5.74, 6) is 0.577. The van der Waals surface area contributed by atoms with Gasteiger partial charge in [0.25, 0.3) is 0 Å². The van der Waals surface area contributed by atoms with Gasteiger partial charge in [0.2, 0.25) is 0 Å². The highest BCUT2D eigenvalue weighted by Crippen LogP contribution is 1.95. The van der Waals surface area contributed by atoms with Gasteiger partial charge in [-0.2, -0.15) is 0 Å². The molecular formula is C7H14ClNO2. The molecular weight excluding hydrogens is 166 g/mol.